The lowest BCUT2D eigenvalue weighted by molar-refractivity contribution is -0.384. The number of carbonyl (C=O) groups excluding carboxylic acids is 3. The second-order valence-corrected chi connectivity index (χ2v) is 8.69. The number of nitrogens with zero attached hydrogens (tertiary/aromatic N) is 2. The van der Waals surface area contributed by atoms with E-state index in [4.69, 9.17) is 16.0 Å². The molecule has 34 heavy (non-hydrogen) atoms. The normalized spacial score (nSPS) is 14.6. The van der Waals surface area contributed by atoms with Crippen molar-refractivity contribution in [2.75, 3.05) is 11.9 Å². The molecule has 1 fully saturated rings. The molecule has 1 aliphatic rings. The molecule has 2 aromatic carbocycles. The fourth-order valence-corrected chi connectivity index (χ4v) is 4.14. The molecule has 1 N–H and O–H groups in total. The van der Waals surface area contributed by atoms with E-state index in [0.717, 1.165) is 10.5 Å². The minimum atomic E-state index is -0.625. The van der Waals surface area contributed by atoms with Crippen LogP contribution < -0.4 is 5.32 Å². The van der Waals surface area contributed by atoms with Gasteiger partial charge < -0.3 is 9.73 Å². The average molecular weight is 498 g/mol. The van der Waals surface area contributed by atoms with Crippen LogP contribution in [0.3, 0.4) is 0 Å². The van der Waals surface area contributed by atoms with Crippen LogP contribution in [0.15, 0.2) is 63.9 Å². The standard InChI is InChI=1S/C23H16ClN3O6S/c1-13-5-6-15(10-18(13)24)25-21(28)12-26-22(29)20(34-23(26)30)11-17-7-8-19(33-17)14-3-2-4-16(9-14)27(31)32/h2-11H,12H2,1H3,(H,25,28)/b20-11+. The number of nitro groups is 1. The predicted molar refractivity (Wildman–Crippen MR) is 128 cm³/mol. The quantitative estimate of drug-likeness (QED) is 0.271. The summed E-state index contributed by atoms with van der Waals surface area (Å²) in [4.78, 5) is 48.8. The van der Waals surface area contributed by atoms with Gasteiger partial charge in [0.15, 0.2) is 0 Å². The zero-order valence-corrected chi connectivity index (χ0v) is 19.2. The average Bonchev–Trinajstić information content (AvgIpc) is 3.37. The Balaban J connectivity index is 1.46. The third kappa shape index (κ3) is 5.03. The van der Waals surface area contributed by atoms with E-state index in [2.05, 4.69) is 5.32 Å². The van der Waals surface area contributed by atoms with Crippen LogP contribution in [0.2, 0.25) is 5.02 Å². The minimum Gasteiger partial charge on any atom is -0.457 e. The van der Waals surface area contributed by atoms with Gasteiger partial charge in [-0.2, -0.15) is 0 Å². The maximum atomic E-state index is 12.7. The Morgan fingerprint density at radius 2 is 2.00 bits per heavy atom. The van der Waals surface area contributed by atoms with Gasteiger partial charge in [-0.25, -0.2) is 0 Å². The maximum absolute atomic E-state index is 12.7. The molecule has 3 aromatic rings. The fraction of sp³-hybridized carbons (Fsp3) is 0.0870. The zero-order chi connectivity index (χ0) is 24.4. The summed E-state index contributed by atoms with van der Waals surface area (Å²) in [7, 11) is 0. The van der Waals surface area contributed by atoms with Crippen molar-refractivity contribution < 1.29 is 23.7 Å². The van der Waals surface area contributed by atoms with Gasteiger partial charge >= 0.3 is 0 Å². The summed E-state index contributed by atoms with van der Waals surface area (Å²) in [6.45, 7) is 1.37. The number of benzene rings is 2. The first-order chi connectivity index (χ1) is 16.2. The second-order valence-electron chi connectivity index (χ2n) is 7.29. The van der Waals surface area contributed by atoms with Gasteiger partial charge in [-0.15, -0.1) is 0 Å². The van der Waals surface area contributed by atoms with Crippen LogP contribution in [0.1, 0.15) is 11.3 Å². The van der Waals surface area contributed by atoms with E-state index in [0.29, 0.717) is 33.8 Å². The van der Waals surface area contributed by atoms with Crippen LogP contribution in [0.5, 0.6) is 0 Å². The van der Waals surface area contributed by atoms with Gasteiger partial charge in [0.2, 0.25) is 5.91 Å². The summed E-state index contributed by atoms with van der Waals surface area (Å²) in [5.74, 6) is -0.522. The molecule has 3 amide bonds. The maximum Gasteiger partial charge on any atom is 0.294 e. The van der Waals surface area contributed by atoms with Gasteiger partial charge in [-0.3, -0.25) is 29.4 Å². The Morgan fingerprint density at radius 3 is 2.74 bits per heavy atom. The summed E-state index contributed by atoms with van der Waals surface area (Å²) in [5.41, 5.74) is 1.72. The van der Waals surface area contributed by atoms with Crippen molar-refractivity contribution in [3.63, 3.8) is 0 Å². The second kappa shape index (κ2) is 9.54. The summed E-state index contributed by atoms with van der Waals surface area (Å²) < 4.78 is 5.68. The monoisotopic (exact) mass is 497 g/mol. The molecule has 0 radical (unpaired) electrons. The molecule has 0 spiro atoms. The van der Waals surface area contributed by atoms with Crippen LogP contribution in [0.25, 0.3) is 17.4 Å². The van der Waals surface area contributed by atoms with Crippen LogP contribution in [-0.2, 0) is 9.59 Å². The van der Waals surface area contributed by atoms with Crippen LogP contribution in [-0.4, -0.2) is 33.4 Å². The van der Waals surface area contributed by atoms with Crippen molar-refractivity contribution in [1.82, 2.24) is 4.90 Å². The van der Waals surface area contributed by atoms with E-state index in [9.17, 15) is 24.5 Å². The van der Waals surface area contributed by atoms with Gasteiger partial charge in [0.1, 0.15) is 18.1 Å². The lowest BCUT2D eigenvalue weighted by atomic mass is 10.1. The molecular formula is C23H16ClN3O6S. The van der Waals surface area contributed by atoms with Crippen molar-refractivity contribution in [2.45, 2.75) is 6.92 Å². The first kappa shape index (κ1) is 23.3. The summed E-state index contributed by atoms with van der Waals surface area (Å²) in [6.07, 6.45) is 1.39. The number of non-ortho nitro benzene ring substituents is 1. The van der Waals surface area contributed by atoms with Crippen LogP contribution >= 0.6 is 23.4 Å². The number of nitro benzene ring substituents is 1. The molecular weight excluding hydrogens is 482 g/mol. The Morgan fingerprint density at radius 1 is 1.21 bits per heavy atom. The van der Waals surface area contributed by atoms with E-state index in [1.54, 1.807) is 36.4 Å². The number of halogens is 1. The number of thioether (sulfide) groups is 1. The van der Waals surface area contributed by atoms with Gasteiger partial charge in [0.25, 0.3) is 16.8 Å². The molecule has 0 aliphatic carbocycles. The molecule has 11 heteroatoms. The van der Waals surface area contributed by atoms with Crippen molar-refractivity contribution in [2.24, 2.45) is 0 Å². The first-order valence-corrected chi connectivity index (χ1v) is 11.1. The van der Waals surface area contributed by atoms with E-state index in [1.165, 1.54) is 24.3 Å². The molecule has 0 saturated carbocycles. The number of hydrogen-bond donors (Lipinski definition) is 1. The lowest BCUT2D eigenvalue weighted by Gasteiger charge is -2.12. The highest BCUT2D eigenvalue weighted by Crippen LogP contribution is 2.33. The van der Waals surface area contributed by atoms with Crippen LogP contribution in [0, 0.1) is 17.0 Å². The molecule has 2 heterocycles. The lowest BCUT2D eigenvalue weighted by Crippen LogP contribution is -2.36. The number of hydrogen-bond acceptors (Lipinski definition) is 7. The highest BCUT2D eigenvalue weighted by Gasteiger charge is 2.36. The predicted octanol–water partition coefficient (Wildman–Crippen LogP) is 5.49. The topological polar surface area (TPSA) is 123 Å². The number of rotatable bonds is 6. The molecule has 172 valence electrons. The SMILES string of the molecule is Cc1ccc(NC(=O)CN2C(=O)S/C(=C/c3ccc(-c4cccc([N+](=O)[O-])c4)o3)C2=O)cc1Cl. The number of imide groups is 1. The third-order valence-corrected chi connectivity index (χ3v) is 6.19. The van der Waals surface area contributed by atoms with E-state index in [-0.39, 0.29) is 16.4 Å². The van der Waals surface area contributed by atoms with E-state index < -0.39 is 28.5 Å². The molecule has 9 nitrogen and oxygen atoms in total. The Labute approximate surface area is 202 Å². The number of carbonyl (C=O) groups is 3. The van der Waals surface area contributed by atoms with E-state index in [1.807, 2.05) is 6.92 Å². The van der Waals surface area contributed by atoms with Crippen molar-refractivity contribution in [3.8, 4) is 11.3 Å². The Bertz CT molecular complexity index is 1370. The number of amides is 3. The van der Waals surface area contributed by atoms with Crippen molar-refractivity contribution >= 4 is 57.9 Å². The smallest absolute Gasteiger partial charge is 0.294 e. The van der Waals surface area contributed by atoms with Crippen molar-refractivity contribution in [3.05, 3.63) is 86.0 Å². The Hall–Kier alpha value is -3.89. The highest BCUT2D eigenvalue weighted by atomic mass is 35.5. The molecule has 1 saturated heterocycles. The Kier molecular flexibility index (Phi) is 6.53. The molecule has 0 bridgehead atoms. The zero-order valence-electron chi connectivity index (χ0n) is 17.6. The summed E-state index contributed by atoms with van der Waals surface area (Å²) in [5, 5.41) is 13.5. The fourth-order valence-electron chi connectivity index (χ4n) is 3.14. The summed E-state index contributed by atoms with van der Waals surface area (Å²) in [6, 6.07) is 14.1. The highest BCUT2D eigenvalue weighted by molar-refractivity contribution is 8.18. The van der Waals surface area contributed by atoms with E-state index >= 15 is 0 Å². The molecule has 4 rings (SSSR count). The number of nitrogens with one attached hydrogen (secondary N) is 1. The van der Waals surface area contributed by atoms with Crippen molar-refractivity contribution in [1.29, 1.82) is 0 Å². The summed E-state index contributed by atoms with van der Waals surface area (Å²) >= 11 is 6.74. The number of furan rings is 1. The van der Waals surface area contributed by atoms with Gasteiger partial charge in [0, 0.05) is 34.5 Å². The number of aryl methyl sites for hydroxylation is 1. The first-order valence-electron chi connectivity index (χ1n) is 9.87. The number of anilines is 1. The molecule has 0 unspecified atom stereocenters. The minimum absolute atomic E-state index is 0.0808. The molecule has 1 aliphatic heterocycles. The molecule has 0 atom stereocenters. The largest absolute Gasteiger partial charge is 0.457 e. The van der Waals surface area contributed by atoms with Gasteiger partial charge in [-0.05, 0) is 48.5 Å². The van der Waals surface area contributed by atoms with Gasteiger partial charge in [-0.1, -0.05) is 29.8 Å². The molecule has 1 aromatic heterocycles. The van der Waals surface area contributed by atoms with Gasteiger partial charge in [0.05, 0.1) is 9.83 Å². The third-order valence-electron chi connectivity index (χ3n) is 4.87. The van der Waals surface area contributed by atoms with Crippen LogP contribution in [0.4, 0.5) is 16.2 Å².